The van der Waals surface area contributed by atoms with Crippen LogP contribution in [0.15, 0.2) is 54.9 Å². The third kappa shape index (κ3) is 2.51. The van der Waals surface area contributed by atoms with Gasteiger partial charge in [0, 0.05) is 23.7 Å². The van der Waals surface area contributed by atoms with E-state index in [2.05, 4.69) is 15.0 Å². The van der Waals surface area contributed by atoms with Crippen LogP contribution in [0, 0.1) is 11.6 Å². The molecule has 98 valence electrons. The molecule has 0 aliphatic carbocycles. The Morgan fingerprint density at radius 3 is 2.65 bits per heavy atom. The van der Waals surface area contributed by atoms with Crippen LogP contribution in [-0.4, -0.2) is 15.0 Å². The summed E-state index contributed by atoms with van der Waals surface area (Å²) in [6.45, 7) is 2.03. The quantitative estimate of drug-likeness (QED) is 0.716. The van der Waals surface area contributed by atoms with E-state index >= 15 is 0 Å². The number of hydrogen-bond acceptors (Lipinski definition) is 3. The van der Waals surface area contributed by atoms with Gasteiger partial charge in [-0.05, 0) is 30.2 Å². The lowest BCUT2D eigenvalue weighted by Gasteiger charge is -2.08. The number of aryl methyl sites for hydroxylation is 1. The summed E-state index contributed by atoms with van der Waals surface area (Å²) in [6, 6.07) is 13.9. The summed E-state index contributed by atoms with van der Waals surface area (Å²) in [6.07, 6.45) is 3.58. The van der Waals surface area contributed by atoms with Crippen LogP contribution in [0.25, 0.3) is 22.6 Å². The van der Waals surface area contributed by atoms with E-state index < -0.39 is 0 Å². The van der Waals surface area contributed by atoms with Crippen LogP contribution < -0.4 is 0 Å². The number of hydrogen-bond donors (Lipinski definition) is 1. The zero-order valence-electron chi connectivity index (χ0n) is 11.0. The molecular formula is C16H13N3S. The average Bonchev–Trinajstić information content (AvgIpc) is 2.48. The van der Waals surface area contributed by atoms with Crippen molar-refractivity contribution in [2.75, 3.05) is 0 Å². The van der Waals surface area contributed by atoms with Crippen LogP contribution in [0.4, 0.5) is 0 Å². The van der Waals surface area contributed by atoms with Crippen LogP contribution in [0.5, 0.6) is 0 Å². The van der Waals surface area contributed by atoms with Crippen molar-refractivity contribution in [1.82, 2.24) is 15.0 Å². The van der Waals surface area contributed by atoms with Crippen molar-refractivity contribution >= 4 is 12.2 Å². The minimum Gasteiger partial charge on any atom is -0.339 e. The van der Waals surface area contributed by atoms with Crippen molar-refractivity contribution < 1.29 is 0 Å². The molecule has 2 aromatic heterocycles. The number of pyridine rings is 1. The van der Waals surface area contributed by atoms with Crippen molar-refractivity contribution in [3.05, 3.63) is 65.1 Å². The number of nitrogens with one attached hydrogen (secondary N) is 1. The van der Waals surface area contributed by atoms with Crippen molar-refractivity contribution in [3.8, 4) is 22.6 Å². The summed E-state index contributed by atoms with van der Waals surface area (Å²) < 4.78 is 0.570. The molecule has 0 amide bonds. The summed E-state index contributed by atoms with van der Waals surface area (Å²) in [5.74, 6) is 0.752. The Bertz CT molecular complexity index is 794. The minimum absolute atomic E-state index is 0.570. The first kappa shape index (κ1) is 12.7. The fourth-order valence-electron chi connectivity index (χ4n) is 2.07. The fourth-order valence-corrected chi connectivity index (χ4v) is 2.28. The predicted octanol–water partition coefficient (Wildman–Crippen LogP) is 4.18. The van der Waals surface area contributed by atoms with Gasteiger partial charge >= 0.3 is 0 Å². The molecule has 3 nitrogen and oxygen atoms in total. The smallest absolute Gasteiger partial charge is 0.141 e. The van der Waals surface area contributed by atoms with Gasteiger partial charge in [0.15, 0.2) is 0 Å². The summed E-state index contributed by atoms with van der Waals surface area (Å²) in [7, 11) is 0. The van der Waals surface area contributed by atoms with E-state index in [0.717, 1.165) is 28.2 Å². The van der Waals surface area contributed by atoms with Crippen LogP contribution >= 0.6 is 12.2 Å². The van der Waals surface area contributed by atoms with Gasteiger partial charge in [0.05, 0.1) is 0 Å². The van der Waals surface area contributed by atoms with E-state index in [1.54, 1.807) is 12.4 Å². The Labute approximate surface area is 122 Å². The molecule has 1 N–H and O–H groups in total. The maximum absolute atomic E-state index is 5.28. The summed E-state index contributed by atoms with van der Waals surface area (Å²) in [4.78, 5) is 11.9. The van der Waals surface area contributed by atoms with Crippen LogP contribution in [0.2, 0.25) is 0 Å². The lowest BCUT2D eigenvalue weighted by molar-refractivity contribution is 1.14. The number of benzene rings is 1. The number of nitrogens with zero attached hydrogens (tertiary/aromatic N) is 2. The molecule has 3 aromatic rings. The zero-order chi connectivity index (χ0) is 13.9. The van der Waals surface area contributed by atoms with Crippen molar-refractivity contribution in [3.63, 3.8) is 0 Å². The predicted molar refractivity (Wildman–Crippen MR) is 82.8 cm³/mol. The number of aromatic amines is 1. The lowest BCUT2D eigenvalue weighted by atomic mass is 10.1. The normalized spacial score (nSPS) is 10.4. The SMILES string of the molecule is Cc1ccncc1-c1nc(=S)cc(-c2ccccc2)[nH]1. The van der Waals surface area contributed by atoms with Gasteiger partial charge < -0.3 is 4.98 Å². The van der Waals surface area contributed by atoms with Gasteiger partial charge in [-0.25, -0.2) is 4.98 Å². The third-order valence-electron chi connectivity index (χ3n) is 3.12. The molecule has 0 radical (unpaired) electrons. The summed E-state index contributed by atoms with van der Waals surface area (Å²) >= 11 is 5.28. The lowest BCUT2D eigenvalue weighted by Crippen LogP contribution is -1.95. The first-order chi connectivity index (χ1) is 9.74. The highest BCUT2D eigenvalue weighted by molar-refractivity contribution is 7.71. The van der Waals surface area contributed by atoms with E-state index in [9.17, 15) is 0 Å². The Morgan fingerprint density at radius 1 is 1.10 bits per heavy atom. The van der Waals surface area contributed by atoms with Crippen molar-refractivity contribution in [2.45, 2.75) is 6.92 Å². The molecule has 4 heteroatoms. The number of H-pyrrole nitrogens is 1. The molecule has 0 saturated carbocycles. The molecule has 0 fully saturated rings. The van der Waals surface area contributed by atoms with E-state index in [4.69, 9.17) is 12.2 Å². The summed E-state index contributed by atoms with van der Waals surface area (Å²) in [5.41, 5.74) is 4.13. The first-order valence-corrected chi connectivity index (χ1v) is 6.72. The van der Waals surface area contributed by atoms with Gasteiger partial charge in [0.2, 0.25) is 0 Å². The van der Waals surface area contributed by atoms with Crippen molar-refractivity contribution in [1.29, 1.82) is 0 Å². The third-order valence-corrected chi connectivity index (χ3v) is 3.33. The van der Waals surface area contributed by atoms with Gasteiger partial charge in [-0.1, -0.05) is 42.5 Å². The van der Waals surface area contributed by atoms with E-state index in [0.29, 0.717) is 4.64 Å². The second-order valence-corrected chi connectivity index (χ2v) is 4.96. The van der Waals surface area contributed by atoms with Gasteiger partial charge in [0.25, 0.3) is 0 Å². The maximum Gasteiger partial charge on any atom is 0.141 e. The standard InChI is InChI=1S/C16H13N3S/c1-11-7-8-17-10-13(11)16-18-14(9-15(20)19-16)12-5-3-2-4-6-12/h2-10H,1H3,(H,18,19,20). The molecule has 1 aromatic carbocycles. The number of aromatic nitrogens is 3. The van der Waals surface area contributed by atoms with Crippen LogP contribution in [-0.2, 0) is 0 Å². The fraction of sp³-hybridized carbons (Fsp3) is 0.0625. The van der Waals surface area contributed by atoms with E-state index in [-0.39, 0.29) is 0 Å². The molecule has 0 unspecified atom stereocenters. The topological polar surface area (TPSA) is 41.6 Å². The molecule has 20 heavy (non-hydrogen) atoms. The largest absolute Gasteiger partial charge is 0.339 e. The van der Waals surface area contributed by atoms with Crippen LogP contribution in [0.1, 0.15) is 5.56 Å². The molecule has 2 heterocycles. The highest BCUT2D eigenvalue weighted by atomic mass is 32.1. The molecule has 0 bridgehead atoms. The maximum atomic E-state index is 5.28. The second kappa shape index (κ2) is 5.35. The molecule has 3 rings (SSSR count). The zero-order valence-corrected chi connectivity index (χ0v) is 11.8. The van der Waals surface area contributed by atoms with Gasteiger partial charge in [0.1, 0.15) is 10.5 Å². The highest BCUT2D eigenvalue weighted by Gasteiger charge is 2.06. The van der Waals surface area contributed by atoms with Gasteiger partial charge in [-0.15, -0.1) is 0 Å². The Morgan fingerprint density at radius 2 is 1.90 bits per heavy atom. The highest BCUT2D eigenvalue weighted by Crippen LogP contribution is 2.22. The molecular weight excluding hydrogens is 266 g/mol. The first-order valence-electron chi connectivity index (χ1n) is 6.32. The molecule has 0 aliphatic heterocycles. The molecule has 0 aliphatic rings. The Balaban J connectivity index is 2.18. The minimum atomic E-state index is 0.570. The molecule has 0 spiro atoms. The van der Waals surface area contributed by atoms with E-state index in [1.165, 1.54) is 0 Å². The van der Waals surface area contributed by atoms with E-state index in [1.807, 2.05) is 49.4 Å². The van der Waals surface area contributed by atoms with Crippen molar-refractivity contribution in [2.24, 2.45) is 0 Å². The van der Waals surface area contributed by atoms with Gasteiger partial charge in [-0.3, -0.25) is 4.98 Å². The Hall–Kier alpha value is -2.33. The van der Waals surface area contributed by atoms with Crippen LogP contribution in [0.3, 0.4) is 0 Å². The Kier molecular flexibility index (Phi) is 3.39. The number of rotatable bonds is 2. The molecule has 0 saturated heterocycles. The van der Waals surface area contributed by atoms with Gasteiger partial charge in [-0.2, -0.15) is 0 Å². The monoisotopic (exact) mass is 279 g/mol. The average molecular weight is 279 g/mol. The summed E-state index contributed by atoms with van der Waals surface area (Å²) in [5, 5.41) is 0. The second-order valence-electron chi connectivity index (χ2n) is 4.54. The molecule has 0 atom stereocenters.